The first-order valence-corrected chi connectivity index (χ1v) is 13.4. The highest BCUT2D eigenvalue weighted by Gasteiger charge is 2.28. The van der Waals surface area contributed by atoms with Crippen LogP contribution in [0.25, 0.3) is 22.3 Å². The number of halogens is 2. The third kappa shape index (κ3) is 6.03. The van der Waals surface area contributed by atoms with Crippen molar-refractivity contribution in [2.45, 2.75) is 77.0 Å². The number of aryl methyl sites for hydroxylation is 1. The lowest BCUT2D eigenvalue weighted by Crippen LogP contribution is -2.46. The van der Waals surface area contributed by atoms with Crippen molar-refractivity contribution < 1.29 is 28.2 Å². The molecule has 2 saturated carbocycles. The van der Waals surface area contributed by atoms with Gasteiger partial charge in [0.25, 0.3) is 12.3 Å². The van der Waals surface area contributed by atoms with E-state index in [4.69, 9.17) is 4.74 Å². The summed E-state index contributed by atoms with van der Waals surface area (Å²) in [5, 5.41) is 15.3. The van der Waals surface area contributed by atoms with Crippen molar-refractivity contribution in [2.75, 3.05) is 6.61 Å². The molecule has 39 heavy (non-hydrogen) atoms. The number of nitrogens with zero attached hydrogens (tertiary/aromatic N) is 2. The number of carbonyl (C=O) groups is 2. The summed E-state index contributed by atoms with van der Waals surface area (Å²) in [5.41, 5.74) is 2.53. The molecular formula is C28H33F2N5O4. The van der Waals surface area contributed by atoms with E-state index in [1.165, 1.54) is 25.4 Å². The smallest absolute Gasteiger partial charge is 0.263 e. The normalized spacial score (nSPS) is 20.2. The molecular weight excluding hydrogens is 508 g/mol. The molecule has 0 saturated heterocycles. The molecule has 0 spiro atoms. The molecule has 4 N–H and O–H groups in total. The highest BCUT2D eigenvalue weighted by molar-refractivity contribution is 6.09. The third-order valence-electron chi connectivity index (χ3n) is 7.47. The van der Waals surface area contributed by atoms with E-state index < -0.39 is 18.4 Å². The predicted octanol–water partition coefficient (Wildman–Crippen LogP) is 4.20. The van der Waals surface area contributed by atoms with Crippen LogP contribution in [0.15, 0.2) is 24.5 Å². The number of aromatic nitrogens is 3. The molecule has 2 aromatic heterocycles. The Morgan fingerprint density at radius 1 is 1.10 bits per heavy atom. The van der Waals surface area contributed by atoms with Gasteiger partial charge >= 0.3 is 0 Å². The monoisotopic (exact) mass is 541 g/mol. The summed E-state index contributed by atoms with van der Waals surface area (Å²) in [7, 11) is 0. The van der Waals surface area contributed by atoms with E-state index in [-0.39, 0.29) is 23.6 Å². The summed E-state index contributed by atoms with van der Waals surface area (Å²) in [4.78, 5) is 37.1. The van der Waals surface area contributed by atoms with E-state index in [1.807, 2.05) is 0 Å². The maximum absolute atomic E-state index is 13.6. The molecule has 5 rings (SSSR count). The molecule has 2 heterocycles. The van der Waals surface area contributed by atoms with E-state index in [0.717, 1.165) is 12.8 Å². The summed E-state index contributed by atoms with van der Waals surface area (Å²) >= 11 is 0. The number of ether oxygens (including phenoxy) is 1. The second-order valence-electron chi connectivity index (χ2n) is 10.6. The van der Waals surface area contributed by atoms with E-state index in [0.29, 0.717) is 77.5 Å². The molecule has 1 atom stereocenters. The Hall–Kier alpha value is -3.60. The van der Waals surface area contributed by atoms with Crippen molar-refractivity contribution in [3.63, 3.8) is 0 Å². The molecule has 0 radical (unpaired) electrons. The number of fused-ring (bicyclic) bond motifs is 1. The minimum atomic E-state index is -2.65. The number of alkyl halides is 2. The third-order valence-corrected chi connectivity index (χ3v) is 7.47. The largest absolute Gasteiger partial charge is 0.493 e. The van der Waals surface area contributed by atoms with Gasteiger partial charge in [-0.15, -0.1) is 0 Å². The van der Waals surface area contributed by atoms with Crippen molar-refractivity contribution >= 4 is 22.8 Å². The topological polar surface area (TPSA) is 129 Å². The van der Waals surface area contributed by atoms with Crippen LogP contribution in [0.2, 0.25) is 0 Å². The van der Waals surface area contributed by atoms with Gasteiger partial charge in [0.05, 0.1) is 17.7 Å². The number of hydrogen-bond donors (Lipinski definition) is 4. The molecule has 0 bridgehead atoms. The van der Waals surface area contributed by atoms with Gasteiger partial charge in [0, 0.05) is 28.9 Å². The Kier molecular flexibility index (Phi) is 7.79. The van der Waals surface area contributed by atoms with Gasteiger partial charge in [0.2, 0.25) is 5.91 Å². The number of hydrogen-bond acceptors (Lipinski definition) is 6. The SMILES string of the molecule is Cc1[nH]c2c(-c3cc(C(F)F)ccc3OCC3CC3)ncnc2c1C(=O)NC1CCC(NC(=O)[C@H](C)O)CC1. The molecule has 0 aliphatic heterocycles. The molecule has 2 amide bonds. The van der Waals surface area contributed by atoms with Crippen molar-refractivity contribution in [1.29, 1.82) is 0 Å². The summed E-state index contributed by atoms with van der Waals surface area (Å²) < 4.78 is 33.2. The van der Waals surface area contributed by atoms with E-state index in [9.17, 15) is 23.5 Å². The van der Waals surface area contributed by atoms with Crippen LogP contribution in [0.4, 0.5) is 8.78 Å². The van der Waals surface area contributed by atoms with Gasteiger partial charge in [-0.1, -0.05) is 0 Å². The fourth-order valence-corrected chi connectivity index (χ4v) is 5.05. The zero-order valence-corrected chi connectivity index (χ0v) is 22.0. The molecule has 2 aliphatic rings. The molecule has 2 aliphatic carbocycles. The van der Waals surface area contributed by atoms with Gasteiger partial charge in [0.15, 0.2) is 0 Å². The first kappa shape index (κ1) is 27.0. The van der Waals surface area contributed by atoms with Crippen LogP contribution >= 0.6 is 0 Å². The fourth-order valence-electron chi connectivity index (χ4n) is 5.05. The number of aromatic amines is 1. The minimum absolute atomic E-state index is 0.0364. The second kappa shape index (κ2) is 11.3. The van der Waals surface area contributed by atoms with E-state index in [1.54, 1.807) is 13.0 Å². The van der Waals surface area contributed by atoms with Crippen LogP contribution in [0.1, 0.15) is 73.5 Å². The number of H-pyrrole nitrogens is 1. The van der Waals surface area contributed by atoms with Gasteiger partial charge in [-0.3, -0.25) is 9.59 Å². The number of amides is 2. The number of nitrogens with one attached hydrogen (secondary N) is 3. The molecule has 2 fully saturated rings. The van der Waals surface area contributed by atoms with Gasteiger partial charge in [-0.25, -0.2) is 18.7 Å². The Labute approximate surface area is 224 Å². The lowest BCUT2D eigenvalue weighted by Gasteiger charge is -2.30. The fraction of sp³-hybridized carbons (Fsp3) is 0.500. The molecule has 11 heteroatoms. The maximum atomic E-state index is 13.6. The quantitative estimate of drug-likeness (QED) is 0.321. The standard InChI is InChI=1S/C28H33F2N5O4/c1-14-22(28(38)35-19-8-6-18(7-9-19)34-27(37)15(2)36)24-25(33-14)23(31-13-32-24)20-11-17(26(29)30)5-10-21(20)39-12-16-3-4-16/h5,10-11,13,15-16,18-19,26,33,36H,3-4,6-9,12H2,1-2H3,(H,34,37)(H,35,38)/t15-,18?,19?/m0/s1. The summed E-state index contributed by atoms with van der Waals surface area (Å²) in [6, 6.07) is 4.19. The van der Waals surface area contributed by atoms with Crippen molar-refractivity contribution in [3.05, 3.63) is 41.3 Å². The number of carbonyl (C=O) groups excluding carboxylic acids is 2. The Bertz CT molecular complexity index is 1360. The van der Waals surface area contributed by atoms with Gasteiger partial charge in [0.1, 0.15) is 29.4 Å². The van der Waals surface area contributed by atoms with Crippen LogP contribution in [0.5, 0.6) is 5.75 Å². The van der Waals surface area contributed by atoms with Crippen LogP contribution in [-0.4, -0.2) is 56.7 Å². The minimum Gasteiger partial charge on any atom is -0.493 e. The highest BCUT2D eigenvalue weighted by Crippen LogP contribution is 2.38. The highest BCUT2D eigenvalue weighted by atomic mass is 19.3. The zero-order chi connectivity index (χ0) is 27.7. The Balaban J connectivity index is 1.38. The van der Waals surface area contributed by atoms with E-state index >= 15 is 0 Å². The van der Waals surface area contributed by atoms with Crippen LogP contribution in [-0.2, 0) is 4.79 Å². The average molecular weight is 542 g/mol. The first-order chi connectivity index (χ1) is 18.7. The van der Waals surface area contributed by atoms with Crippen molar-refractivity contribution in [1.82, 2.24) is 25.6 Å². The summed E-state index contributed by atoms with van der Waals surface area (Å²) in [6.45, 7) is 3.71. The van der Waals surface area contributed by atoms with Crippen LogP contribution in [0.3, 0.4) is 0 Å². The van der Waals surface area contributed by atoms with Gasteiger partial charge in [-0.05, 0) is 76.5 Å². The number of aliphatic hydroxyl groups is 1. The molecule has 3 aromatic rings. The molecule has 1 aromatic carbocycles. The molecule has 9 nitrogen and oxygen atoms in total. The van der Waals surface area contributed by atoms with Crippen molar-refractivity contribution in [2.24, 2.45) is 5.92 Å². The summed E-state index contributed by atoms with van der Waals surface area (Å²) in [5.74, 6) is 0.258. The number of benzene rings is 1. The first-order valence-electron chi connectivity index (χ1n) is 13.4. The number of rotatable bonds is 9. The summed E-state index contributed by atoms with van der Waals surface area (Å²) in [6.07, 6.45) is 2.54. The second-order valence-corrected chi connectivity index (χ2v) is 10.6. The van der Waals surface area contributed by atoms with Crippen LogP contribution < -0.4 is 15.4 Å². The van der Waals surface area contributed by atoms with Crippen LogP contribution in [0, 0.1) is 12.8 Å². The number of aliphatic hydroxyl groups excluding tert-OH is 1. The predicted molar refractivity (Wildman–Crippen MR) is 141 cm³/mol. The average Bonchev–Trinajstić information content (AvgIpc) is 3.67. The Morgan fingerprint density at radius 2 is 1.79 bits per heavy atom. The zero-order valence-electron chi connectivity index (χ0n) is 22.0. The van der Waals surface area contributed by atoms with E-state index in [2.05, 4.69) is 25.6 Å². The lowest BCUT2D eigenvalue weighted by molar-refractivity contribution is -0.129. The van der Waals surface area contributed by atoms with Gasteiger partial charge < -0.3 is 25.5 Å². The molecule has 208 valence electrons. The van der Waals surface area contributed by atoms with Crippen molar-refractivity contribution in [3.8, 4) is 17.0 Å². The molecule has 0 unspecified atom stereocenters. The Morgan fingerprint density at radius 3 is 2.44 bits per heavy atom. The van der Waals surface area contributed by atoms with Gasteiger partial charge in [-0.2, -0.15) is 0 Å². The lowest BCUT2D eigenvalue weighted by atomic mass is 9.90. The maximum Gasteiger partial charge on any atom is 0.263 e.